The summed E-state index contributed by atoms with van der Waals surface area (Å²) in [5, 5.41) is 3.57. The summed E-state index contributed by atoms with van der Waals surface area (Å²) in [5.74, 6) is 1.80. The molecule has 0 aromatic carbocycles. The van der Waals surface area contributed by atoms with Gasteiger partial charge < -0.3 is 14.5 Å². The van der Waals surface area contributed by atoms with E-state index in [4.69, 9.17) is 9.15 Å². The molecule has 1 aliphatic carbocycles. The maximum Gasteiger partial charge on any atom is 0.117 e. The Labute approximate surface area is 115 Å². The van der Waals surface area contributed by atoms with Gasteiger partial charge in [0.15, 0.2) is 0 Å². The summed E-state index contributed by atoms with van der Waals surface area (Å²) in [6.07, 6.45) is 5.67. The summed E-state index contributed by atoms with van der Waals surface area (Å²) in [6, 6.07) is 4.82. The van der Waals surface area contributed by atoms with E-state index in [1.165, 1.54) is 19.3 Å². The third kappa shape index (κ3) is 4.06. The highest BCUT2D eigenvalue weighted by atomic mass is 16.5. The molecule has 106 valence electrons. The van der Waals surface area contributed by atoms with Crippen molar-refractivity contribution in [3.05, 3.63) is 24.2 Å². The number of rotatable bonds is 8. The summed E-state index contributed by atoms with van der Waals surface area (Å²) in [5.41, 5.74) is 0. The Bertz CT molecular complexity index is 356. The highest BCUT2D eigenvalue weighted by molar-refractivity contribution is 4.99. The van der Waals surface area contributed by atoms with Gasteiger partial charge in [-0.2, -0.15) is 0 Å². The molecule has 1 aromatic rings. The lowest BCUT2D eigenvalue weighted by Crippen LogP contribution is -2.35. The summed E-state index contributed by atoms with van der Waals surface area (Å²) in [6.45, 7) is 6.10. The lowest BCUT2D eigenvalue weighted by Gasteiger charge is -2.21. The zero-order chi connectivity index (χ0) is 12.9. The molecule has 0 radical (unpaired) electrons. The minimum atomic E-state index is 0.722. The Morgan fingerprint density at radius 3 is 2.95 bits per heavy atom. The largest absolute Gasteiger partial charge is 0.468 e. The molecule has 1 aromatic heterocycles. The molecule has 0 amide bonds. The van der Waals surface area contributed by atoms with Crippen molar-refractivity contribution in [2.24, 2.45) is 5.92 Å². The highest BCUT2D eigenvalue weighted by Crippen LogP contribution is 2.27. The average molecular weight is 264 g/mol. The van der Waals surface area contributed by atoms with Crippen molar-refractivity contribution in [2.75, 3.05) is 32.8 Å². The van der Waals surface area contributed by atoms with E-state index in [0.29, 0.717) is 0 Å². The van der Waals surface area contributed by atoms with E-state index in [1.807, 2.05) is 6.07 Å². The lowest BCUT2D eigenvalue weighted by molar-refractivity contribution is 0.184. The van der Waals surface area contributed by atoms with Gasteiger partial charge in [0.1, 0.15) is 5.76 Å². The highest BCUT2D eigenvalue weighted by Gasteiger charge is 2.29. The zero-order valence-electron chi connectivity index (χ0n) is 11.5. The molecular formula is C15H24N2O2. The van der Waals surface area contributed by atoms with Crippen LogP contribution in [0.5, 0.6) is 0 Å². The number of nitrogens with one attached hydrogen (secondary N) is 1. The molecule has 2 aliphatic rings. The standard InChI is InChI=1S/C15H24N2O2/c1-2-15(19-8-1)11-17(14-3-4-14)7-6-16-10-13-5-9-18-12-13/h1-2,8,13-14,16H,3-7,9-12H2. The van der Waals surface area contributed by atoms with Crippen LogP contribution >= 0.6 is 0 Å². The Kier molecular flexibility index (Phi) is 4.53. The Morgan fingerprint density at radius 1 is 1.32 bits per heavy atom. The van der Waals surface area contributed by atoms with Crippen molar-refractivity contribution in [1.29, 1.82) is 0 Å². The van der Waals surface area contributed by atoms with Crippen LogP contribution < -0.4 is 5.32 Å². The van der Waals surface area contributed by atoms with Gasteiger partial charge in [-0.05, 0) is 37.3 Å². The van der Waals surface area contributed by atoms with Gasteiger partial charge >= 0.3 is 0 Å². The van der Waals surface area contributed by atoms with Gasteiger partial charge in [0.25, 0.3) is 0 Å². The van der Waals surface area contributed by atoms with Gasteiger partial charge in [0.05, 0.1) is 19.4 Å². The van der Waals surface area contributed by atoms with E-state index >= 15 is 0 Å². The molecule has 2 heterocycles. The quantitative estimate of drug-likeness (QED) is 0.727. The van der Waals surface area contributed by atoms with E-state index in [1.54, 1.807) is 6.26 Å². The third-order valence-corrected chi connectivity index (χ3v) is 4.04. The SMILES string of the molecule is c1coc(CN(CCNCC2CCOC2)C2CC2)c1. The summed E-state index contributed by atoms with van der Waals surface area (Å²) in [7, 11) is 0. The predicted molar refractivity (Wildman–Crippen MR) is 73.9 cm³/mol. The van der Waals surface area contributed by atoms with Gasteiger partial charge in [-0.3, -0.25) is 4.90 Å². The van der Waals surface area contributed by atoms with Crippen LogP contribution in [-0.2, 0) is 11.3 Å². The zero-order valence-corrected chi connectivity index (χ0v) is 11.5. The number of nitrogens with zero attached hydrogens (tertiary/aromatic N) is 1. The Hall–Kier alpha value is -0.840. The predicted octanol–water partition coefficient (Wildman–Crippen LogP) is 1.87. The van der Waals surface area contributed by atoms with Crippen molar-refractivity contribution < 1.29 is 9.15 Å². The molecule has 0 bridgehead atoms. The van der Waals surface area contributed by atoms with Crippen molar-refractivity contribution in [2.45, 2.75) is 31.8 Å². The first kappa shape index (κ1) is 13.2. The second-order valence-electron chi connectivity index (χ2n) is 5.71. The van der Waals surface area contributed by atoms with Gasteiger partial charge in [-0.25, -0.2) is 0 Å². The van der Waals surface area contributed by atoms with Crippen molar-refractivity contribution in [3.63, 3.8) is 0 Å². The van der Waals surface area contributed by atoms with Crippen LogP contribution in [0.4, 0.5) is 0 Å². The van der Waals surface area contributed by atoms with Crippen LogP contribution in [0.1, 0.15) is 25.0 Å². The van der Waals surface area contributed by atoms with Gasteiger partial charge in [0.2, 0.25) is 0 Å². The Balaban J connectivity index is 1.36. The number of furan rings is 1. The fraction of sp³-hybridized carbons (Fsp3) is 0.733. The maximum atomic E-state index is 5.45. The van der Waals surface area contributed by atoms with Crippen LogP contribution in [0.2, 0.25) is 0 Å². The van der Waals surface area contributed by atoms with Crippen LogP contribution in [0.15, 0.2) is 22.8 Å². The maximum absolute atomic E-state index is 5.45. The molecule has 1 atom stereocenters. The van der Waals surface area contributed by atoms with E-state index in [9.17, 15) is 0 Å². The molecule has 4 heteroatoms. The fourth-order valence-corrected chi connectivity index (χ4v) is 2.71. The second kappa shape index (κ2) is 6.55. The van der Waals surface area contributed by atoms with Gasteiger partial charge in [0, 0.05) is 32.3 Å². The van der Waals surface area contributed by atoms with E-state index in [-0.39, 0.29) is 0 Å². The van der Waals surface area contributed by atoms with Gasteiger partial charge in [-0.1, -0.05) is 0 Å². The van der Waals surface area contributed by atoms with Gasteiger partial charge in [-0.15, -0.1) is 0 Å². The van der Waals surface area contributed by atoms with Crippen LogP contribution in [-0.4, -0.2) is 43.8 Å². The smallest absolute Gasteiger partial charge is 0.117 e. The van der Waals surface area contributed by atoms with E-state index in [2.05, 4.69) is 16.3 Å². The minimum absolute atomic E-state index is 0.722. The molecule has 1 saturated heterocycles. The van der Waals surface area contributed by atoms with E-state index in [0.717, 1.165) is 57.1 Å². The first-order valence-electron chi connectivity index (χ1n) is 7.47. The van der Waals surface area contributed by atoms with Crippen molar-refractivity contribution >= 4 is 0 Å². The van der Waals surface area contributed by atoms with Crippen molar-refractivity contribution in [1.82, 2.24) is 10.2 Å². The third-order valence-electron chi connectivity index (χ3n) is 4.04. The lowest BCUT2D eigenvalue weighted by atomic mass is 10.1. The molecule has 1 unspecified atom stereocenters. The number of ether oxygens (including phenoxy) is 1. The molecular weight excluding hydrogens is 240 g/mol. The normalized spacial score (nSPS) is 23.3. The minimum Gasteiger partial charge on any atom is -0.468 e. The first-order valence-corrected chi connectivity index (χ1v) is 7.47. The fourth-order valence-electron chi connectivity index (χ4n) is 2.71. The topological polar surface area (TPSA) is 37.6 Å². The van der Waals surface area contributed by atoms with Crippen LogP contribution in [0.25, 0.3) is 0 Å². The molecule has 19 heavy (non-hydrogen) atoms. The summed E-state index contributed by atoms with van der Waals surface area (Å²) >= 11 is 0. The van der Waals surface area contributed by atoms with Crippen molar-refractivity contribution in [3.8, 4) is 0 Å². The molecule has 3 rings (SSSR count). The molecule has 1 aliphatic heterocycles. The van der Waals surface area contributed by atoms with E-state index < -0.39 is 0 Å². The van der Waals surface area contributed by atoms with Crippen LogP contribution in [0, 0.1) is 5.92 Å². The van der Waals surface area contributed by atoms with Crippen LogP contribution in [0.3, 0.4) is 0 Å². The molecule has 4 nitrogen and oxygen atoms in total. The average Bonchev–Trinajstić information content (AvgIpc) is 2.92. The summed E-state index contributed by atoms with van der Waals surface area (Å²) in [4.78, 5) is 2.54. The molecule has 1 N–H and O–H groups in total. The monoisotopic (exact) mass is 264 g/mol. The number of hydrogen-bond donors (Lipinski definition) is 1. The molecule has 0 spiro atoms. The molecule has 1 saturated carbocycles. The first-order chi connectivity index (χ1) is 9.42. The molecule has 2 fully saturated rings. The number of hydrogen-bond acceptors (Lipinski definition) is 4. The summed E-state index contributed by atoms with van der Waals surface area (Å²) < 4.78 is 10.8. The Morgan fingerprint density at radius 2 is 2.26 bits per heavy atom. The second-order valence-corrected chi connectivity index (χ2v) is 5.71.